The third-order valence-electron chi connectivity index (χ3n) is 15.7. The second-order valence-corrected chi connectivity index (χ2v) is 23.4. The van der Waals surface area contributed by atoms with Gasteiger partial charge in [0.05, 0.1) is 53.8 Å². The number of rotatable bonds is 15. The highest BCUT2D eigenvalue weighted by atomic mass is 127. The van der Waals surface area contributed by atoms with Crippen LogP contribution >= 0.6 is 22.6 Å². The summed E-state index contributed by atoms with van der Waals surface area (Å²) in [7, 11) is 5.28. The quantitative estimate of drug-likeness (QED) is 0.0588. The maximum absolute atomic E-state index is 14.3. The Hall–Kier alpha value is -2.97. The van der Waals surface area contributed by atoms with Crippen molar-refractivity contribution in [1.29, 1.82) is 0 Å². The Morgan fingerprint density at radius 3 is 2.28 bits per heavy atom. The third-order valence-corrected chi connectivity index (χ3v) is 17.2. The summed E-state index contributed by atoms with van der Waals surface area (Å²) in [5, 5.41) is 68.1. The van der Waals surface area contributed by atoms with E-state index >= 15 is 0 Å². The summed E-state index contributed by atoms with van der Waals surface area (Å²) in [6, 6.07) is 11.0. The Kier molecular flexibility index (Phi) is 20.9. The molecule has 2 aromatic heterocycles. The molecule has 3 aromatic rings. The number of pyridine rings is 1. The van der Waals surface area contributed by atoms with E-state index in [0.29, 0.717) is 39.1 Å². The number of nitrogens with zero attached hydrogens (tertiary/aromatic N) is 6. The minimum absolute atomic E-state index is 0.101. The molecule has 19 nitrogen and oxygen atoms in total. The topological polar surface area (TPSA) is 233 Å². The Bertz CT molecular complexity index is 2220. The van der Waals surface area contributed by atoms with Crippen LogP contribution in [0.5, 0.6) is 5.75 Å². The first-order chi connectivity index (χ1) is 34.7. The number of alkyl halides is 1. The first-order valence-corrected chi connectivity index (χ1v) is 27.4. The Morgan fingerprint density at radius 1 is 0.932 bits per heavy atom. The van der Waals surface area contributed by atoms with Gasteiger partial charge in [0.25, 0.3) is 0 Å². The number of likely N-dealkylation sites (N-methyl/N-ethyl adjacent to an activating group) is 2. The molecule has 18 atom stereocenters. The fourth-order valence-electron chi connectivity index (χ4n) is 10.9. The van der Waals surface area contributed by atoms with Crippen LogP contribution in [0.4, 0.5) is 0 Å². The van der Waals surface area contributed by atoms with Gasteiger partial charge in [-0.05, 0) is 135 Å². The first kappa shape index (κ1) is 60.3. The van der Waals surface area contributed by atoms with Crippen LogP contribution in [0.3, 0.4) is 0 Å². The smallest absolute Gasteiger partial charge is 0.312 e. The van der Waals surface area contributed by atoms with Crippen LogP contribution in [0.2, 0.25) is 0 Å². The summed E-state index contributed by atoms with van der Waals surface area (Å²) in [5.74, 6) is -2.01. The molecule has 0 amide bonds. The fraction of sp³-hybridized carbons (Fsp3) is 0.741. The summed E-state index contributed by atoms with van der Waals surface area (Å²) in [5.41, 5.74) is -0.636. The van der Waals surface area contributed by atoms with Gasteiger partial charge in [0, 0.05) is 87.7 Å². The van der Waals surface area contributed by atoms with Gasteiger partial charge in [-0.1, -0.05) is 37.3 Å². The monoisotopic (exact) mass is 1150 g/mol. The first-order valence-electron chi connectivity index (χ1n) is 26.2. The second-order valence-electron chi connectivity index (χ2n) is 22.2. The van der Waals surface area contributed by atoms with E-state index in [2.05, 4.69) is 26.3 Å². The minimum Gasteiger partial charge on any atom is -0.494 e. The van der Waals surface area contributed by atoms with Gasteiger partial charge in [0.15, 0.2) is 16.7 Å². The van der Waals surface area contributed by atoms with E-state index in [-0.39, 0.29) is 24.9 Å². The molecule has 5 heterocycles. The second kappa shape index (κ2) is 25.7. The summed E-state index contributed by atoms with van der Waals surface area (Å²) < 4.78 is 44.7. The number of ether oxygens (including phenoxy) is 7. The minimum atomic E-state index is -1.86. The number of carbonyl (C=O) groups is 1. The molecule has 6 rings (SSSR count). The van der Waals surface area contributed by atoms with Crippen molar-refractivity contribution in [2.24, 2.45) is 17.8 Å². The van der Waals surface area contributed by atoms with Gasteiger partial charge in [0.2, 0.25) is 0 Å². The van der Waals surface area contributed by atoms with Gasteiger partial charge in [-0.2, -0.15) is 0 Å². The fourth-order valence-corrected chi connectivity index (χ4v) is 11.5. The lowest BCUT2D eigenvalue weighted by Crippen LogP contribution is -2.60. The standard InChI is InChI=1S/C54H85IN6O13/c1-31-26-52(8,66)48(34(4)45(72-43-27-53(9,68-13)47(64)37(7)71-43)35(5)49(65)74-51(55)54(10,67)46(63)36(6)60(12)29-31)73-50-44(62)42(25-33(3)70-50)59(11)23-21-40-30-61(58-57-40)22-14-24-69-41-19-17-38(18-20-41)39-16-15-32(2)56-28-39/h15-20,28,30-31,33-37,42-48,50-51,62-64,66-67H,14,21-27,29H2,1-13H3/t31-,33-,34+,35-,36-,37+,42+,43+,44-,45+,46-,47+,48-,50+,51+,52-,53-,54+/m1/s1. The van der Waals surface area contributed by atoms with Gasteiger partial charge in [-0.3, -0.25) is 14.5 Å². The van der Waals surface area contributed by atoms with Crippen molar-refractivity contribution in [2.75, 3.05) is 40.9 Å². The number of halogens is 1. The number of hydrogen-bond acceptors (Lipinski definition) is 18. The van der Waals surface area contributed by atoms with E-state index in [1.54, 1.807) is 34.6 Å². The van der Waals surface area contributed by atoms with Crippen LogP contribution in [0.1, 0.15) is 99.4 Å². The number of benzene rings is 1. The van der Waals surface area contributed by atoms with Gasteiger partial charge in [0.1, 0.15) is 29.7 Å². The largest absolute Gasteiger partial charge is 0.494 e. The molecule has 3 fully saturated rings. The zero-order valence-corrected chi connectivity index (χ0v) is 47.9. The molecule has 3 saturated heterocycles. The molecule has 5 N–H and O–H groups in total. The molecule has 0 radical (unpaired) electrons. The Labute approximate surface area is 451 Å². The number of cyclic esters (lactones) is 1. The molecule has 416 valence electrons. The van der Waals surface area contributed by atoms with Crippen molar-refractivity contribution in [2.45, 2.75) is 196 Å². The Balaban J connectivity index is 1.16. The number of esters is 1. The van der Waals surface area contributed by atoms with Gasteiger partial charge in [-0.25, -0.2) is 0 Å². The molecule has 3 aliphatic rings. The van der Waals surface area contributed by atoms with E-state index < -0.39 is 100 Å². The van der Waals surface area contributed by atoms with Crippen molar-refractivity contribution in [3.05, 3.63) is 60.2 Å². The highest BCUT2D eigenvalue weighted by Crippen LogP contribution is 2.40. The lowest BCUT2D eigenvalue weighted by molar-refractivity contribution is -0.318. The highest BCUT2D eigenvalue weighted by Gasteiger charge is 2.53. The molecular formula is C54H85IN6O13. The molecule has 1 aromatic carbocycles. The van der Waals surface area contributed by atoms with Crippen LogP contribution < -0.4 is 4.74 Å². The number of methoxy groups -OCH3 is 1. The summed E-state index contributed by atoms with van der Waals surface area (Å²) in [4.78, 5) is 22.7. The van der Waals surface area contributed by atoms with E-state index in [0.717, 1.165) is 34.7 Å². The zero-order chi connectivity index (χ0) is 54.4. The number of aryl methyl sites for hydroxylation is 2. The SMILES string of the molecule is CO[C@]1(C)C[C@H](O[C@H]2[C@H](C)[C@@H](O[C@@H]3O[C@H](C)C[C@H](N(C)CCc4cn(CCCOc5ccc(-c6ccc(C)nc6)cc5)nn4)[C@H]3O)[C@](C)(O)C[C@@H](C)CN(C)[C@H](C)[C@@H](O)[C@](C)(O)[C@@H](I)OC(=O)[C@@H]2C)O[C@@H](C)[C@@H]1O. The van der Waals surface area contributed by atoms with Crippen LogP contribution in [0, 0.1) is 24.7 Å². The molecule has 0 spiro atoms. The van der Waals surface area contributed by atoms with Crippen molar-refractivity contribution in [1.82, 2.24) is 29.8 Å². The Morgan fingerprint density at radius 2 is 1.62 bits per heavy atom. The predicted molar refractivity (Wildman–Crippen MR) is 285 cm³/mol. The van der Waals surface area contributed by atoms with Crippen molar-refractivity contribution < 1.29 is 63.5 Å². The molecule has 74 heavy (non-hydrogen) atoms. The lowest BCUT2D eigenvalue weighted by Gasteiger charge is -2.49. The molecule has 3 aliphatic heterocycles. The summed E-state index contributed by atoms with van der Waals surface area (Å²) in [6.07, 6.45) is -3.03. The molecule has 20 heteroatoms. The van der Waals surface area contributed by atoms with Gasteiger partial charge >= 0.3 is 5.97 Å². The summed E-state index contributed by atoms with van der Waals surface area (Å²) >= 11 is 1.83. The maximum atomic E-state index is 14.3. The van der Waals surface area contributed by atoms with E-state index in [1.165, 1.54) is 14.0 Å². The van der Waals surface area contributed by atoms with Crippen molar-refractivity contribution >= 4 is 28.6 Å². The van der Waals surface area contributed by atoms with Gasteiger partial charge in [-0.15, -0.1) is 5.10 Å². The molecule has 0 aliphatic carbocycles. The third kappa shape index (κ3) is 14.8. The van der Waals surface area contributed by atoms with E-state index in [1.807, 2.05) is 117 Å². The van der Waals surface area contributed by atoms with Gasteiger partial charge < -0.3 is 68.5 Å². The van der Waals surface area contributed by atoms with E-state index in [9.17, 15) is 30.3 Å². The van der Waals surface area contributed by atoms with E-state index in [4.69, 9.17) is 33.2 Å². The molecule has 0 saturated carbocycles. The molecule has 0 unspecified atom stereocenters. The lowest BCUT2D eigenvalue weighted by atomic mass is 9.77. The predicted octanol–water partition coefficient (Wildman–Crippen LogP) is 4.93. The average Bonchev–Trinajstić information content (AvgIpc) is 3.81. The van der Waals surface area contributed by atoms with Crippen LogP contribution in [0.25, 0.3) is 11.1 Å². The number of aromatic nitrogens is 4. The number of aliphatic hydroxyl groups is 5. The number of carbonyl (C=O) groups excluding carboxylic acids is 1. The highest BCUT2D eigenvalue weighted by molar-refractivity contribution is 14.1. The van der Waals surface area contributed by atoms with Crippen LogP contribution in [-0.4, -0.2) is 190 Å². The average molecular weight is 1150 g/mol. The summed E-state index contributed by atoms with van der Waals surface area (Å²) in [6.45, 7) is 19.8. The van der Waals surface area contributed by atoms with Crippen molar-refractivity contribution in [3.63, 3.8) is 0 Å². The number of aliphatic hydroxyl groups excluding tert-OH is 3. The van der Waals surface area contributed by atoms with Crippen LogP contribution in [-0.2, 0) is 46.2 Å². The zero-order valence-electron chi connectivity index (χ0n) is 45.7. The molecule has 0 bridgehead atoms. The molecular weight excluding hydrogens is 1070 g/mol. The van der Waals surface area contributed by atoms with Crippen molar-refractivity contribution in [3.8, 4) is 16.9 Å². The van der Waals surface area contributed by atoms with Crippen LogP contribution in [0.15, 0.2) is 48.8 Å². The normalized spacial score (nSPS) is 38.3. The maximum Gasteiger partial charge on any atom is 0.312 e. The number of hydrogen-bond donors (Lipinski definition) is 5.